The lowest BCUT2D eigenvalue weighted by Gasteiger charge is -2.38. The Morgan fingerprint density at radius 2 is 1.65 bits per heavy atom. The summed E-state index contributed by atoms with van der Waals surface area (Å²) in [6, 6.07) is 13.9. The van der Waals surface area contributed by atoms with Gasteiger partial charge in [0.2, 0.25) is 0 Å². The lowest BCUT2D eigenvalue weighted by atomic mass is 9.93. The molecule has 2 atom stereocenters. The molecule has 5 heterocycles. The summed E-state index contributed by atoms with van der Waals surface area (Å²) in [6.07, 6.45) is 10.4. The third-order valence-corrected chi connectivity index (χ3v) is 12.0. The van der Waals surface area contributed by atoms with Gasteiger partial charge in [-0.3, -0.25) is 19.5 Å². The minimum atomic E-state index is -0.396. The van der Waals surface area contributed by atoms with Gasteiger partial charge in [-0.25, -0.2) is 14.4 Å². The lowest BCUT2D eigenvalue weighted by Crippen LogP contribution is -2.47. The van der Waals surface area contributed by atoms with Gasteiger partial charge >= 0.3 is 0 Å². The number of fused-ring (bicyclic) bond motifs is 1. The van der Waals surface area contributed by atoms with E-state index in [4.69, 9.17) is 4.79 Å². The molecule has 3 aromatic heterocycles. The Kier molecular flexibility index (Phi) is 18.8. The molecule has 2 unspecified atom stereocenters. The number of hydrogen-bond acceptors (Lipinski definition) is 10. The van der Waals surface area contributed by atoms with Crippen molar-refractivity contribution >= 4 is 51.9 Å². The predicted octanol–water partition coefficient (Wildman–Crippen LogP) is 10.3. The Labute approximate surface area is 358 Å². The third kappa shape index (κ3) is 13.8. The summed E-state index contributed by atoms with van der Waals surface area (Å²) in [5.74, 6) is 2.83. The first-order valence-electron chi connectivity index (χ1n) is 21.9. The fourth-order valence-corrected chi connectivity index (χ4v) is 7.49. The van der Waals surface area contributed by atoms with E-state index in [1.165, 1.54) is 25.1 Å². The number of halogens is 1. The molecule has 2 aliphatic rings. The summed E-state index contributed by atoms with van der Waals surface area (Å²) in [4.78, 5) is 53.4. The van der Waals surface area contributed by atoms with Crippen molar-refractivity contribution in [1.29, 1.82) is 0 Å². The van der Waals surface area contributed by atoms with Gasteiger partial charge in [0.05, 0.1) is 22.9 Å². The number of benzene rings is 1. The number of Topliss-reactive ketones (excluding diaryl/α,β-unsaturated/α-hetero) is 2. The van der Waals surface area contributed by atoms with Crippen LogP contribution in [0.2, 0.25) is 0 Å². The molecular weight excluding hydrogens is 754 g/mol. The molecule has 0 bridgehead atoms. The minimum Gasteiger partial charge on any atom is -0.369 e. The van der Waals surface area contributed by atoms with Gasteiger partial charge in [-0.05, 0) is 120 Å². The van der Waals surface area contributed by atoms with Crippen LogP contribution in [0.1, 0.15) is 108 Å². The van der Waals surface area contributed by atoms with Gasteiger partial charge in [0, 0.05) is 81.5 Å². The number of piperidine rings is 1. The highest BCUT2D eigenvalue weighted by Crippen LogP contribution is 2.30. The zero-order valence-electron chi connectivity index (χ0n) is 37.4. The van der Waals surface area contributed by atoms with Crippen molar-refractivity contribution in [2.45, 2.75) is 100 Å². The molecule has 6 rings (SSSR count). The van der Waals surface area contributed by atoms with E-state index in [-0.39, 0.29) is 11.7 Å². The van der Waals surface area contributed by atoms with E-state index in [2.05, 4.69) is 73.6 Å². The van der Waals surface area contributed by atoms with Crippen LogP contribution in [0, 0.1) is 37.4 Å². The molecule has 0 radical (unpaired) electrons. The van der Waals surface area contributed by atoms with Gasteiger partial charge in [-0.1, -0.05) is 45.9 Å². The number of rotatable bonds is 15. The molecule has 1 N–H and O–H groups in total. The minimum absolute atomic E-state index is 0.0557. The summed E-state index contributed by atoms with van der Waals surface area (Å²) in [5.41, 5.74) is 7.27. The first-order valence-corrected chi connectivity index (χ1v) is 21.9. The van der Waals surface area contributed by atoms with E-state index in [9.17, 15) is 14.0 Å². The molecule has 10 nitrogen and oxygen atoms in total. The molecule has 0 saturated carbocycles. The number of allylic oxidation sites excluding steroid dienone is 1. The Hall–Kier alpha value is -5.03. The Bertz CT molecular complexity index is 2040. The summed E-state index contributed by atoms with van der Waals surface area (Å²) < 4.78 is 14.8. The first kappa shape index (κ1) is 47.6. The van der Waals surface area contributed by atoms with Gasteiger partial charge in [-0.15, -0.1) is 0 Å². The molecule has 2 fully saturated rings. The Morgan fingerprint density at radius 1 is 0.950 bits per heavy atom. The number of aldehydes is 1. The number of pyridine rings is 3. The zero-order valence-corrected chi connectivity index (χ0v) is 37.4. The fourth-order valence-electron chi connectivity index (χ4n) is 7.49. The van der Waals surface area contributed by atoms with Crippen molar-refractivity contribution in [2.24, 2.45) is 17.8 Å². The van der Waals surface area contributed by atoms with Crippen molar-refractivity contribution in [2.75, 3.05) is 60.9 Å². The highest BCUT2D eigenvalue weighted by molar-refractivity contribution is 5.99. The SMILES string of the molecule is C=C(C)C(C)CCC(=O)CC.CC=O.CCC(C)C(=O)c1cc(N2CCN(CCC3CCN(c4cc(Nc5cc(C)c6ncccc6n5)c(F)cn4)CC3)CC2)ccc1C. The smallest absolute Gasteiger partial charge is 0.165 e. The Morgan fingerprint density at radius 3 is 2.30 bits per heavy atom. The second-order valence-corrected chi connectivity index (χ2v) is 16.5. The number of aromatic nitrogens is 3. The van der Waals surface area contributed by atoms with E-state index in [0.717, 1.165) is 117 Å². The van der Waals surface area contributed by atoms with Crippen molar-refractivity contribution in [3.8, 4) is 0 Å². The summed E-state index contributed by atoms with van der Waals surface area (Å²) in [7, 11) is 0. The number of nitrogens with one attached hydrogen (secondary N) is 1. The van der Waals surface area contributed by atoms with Crippen LogP contribution in [-0.4, -0.2) is 83.5 Å². The highest BCUT2D eigenvalue weighted by atomic mass is 19.1. The van der Waals surface area contributed by atoms with Gasteiger partial charge < -0.3 is 19.9 Å². The largest absolute Gasteiger partial charge is 0.369 e. The molecule has 60 heavy (non-hydrogen) atoms. The standard InChI is InChI=1S/C37H46FN7O.C10H18O.C2H4O/c1-5-25(2)37(46)30-22-29(9-8-26(30)3)44-19-17-43(18-20-44)14-10-28-11-15-45(16-12-28)35-23-33(31(38)24-40-35)42-34-21-27(4)36-32(41-34)7-6-13-39-36;1-5-10(11)7-6-9(4)8(2)3;1-2-3/h6-9,13,21-25,28H,5,10-12,14-20H2,1-4H3,(H,40,41,42);9H,2,5-7H2,1,3-4H3;2H,1H3. The van der Waals surface area contributed by atoms with Gasteiger partial charge in [0.25, 0.3) is 0 Å². The summed E-state index contributed by atoms with van der Waals surface area (Å²) in [5, 5.41) is 3.18. The van der Waals surface area contributed by atoms with E-state index in [1.54, 1.807) is 12.3 Å². The molecule has 0 aliphatic carbocycles. The maximum Gasteiger partial charge on any atom is 0.165 e. The molecule has 4 aromatic rings. The number of piperazine rings is 1. The van der Waals surface area contributed by atoms with Crippen LogP contribution in [0.4, 0.5) is 27.4 Å². The number of hydrogen-bond donors (Lipinski definition) is 1. The van der Waals surface area contributed by atoms with Crippen LogP contribution in [0.15, 0.2) is 67.0 Å². The predicted molar refractivity (Wildman–Crippen MR) is 245 cm³/mol. The second kappa shape index (κ2) is 23.7. The summed E-state index contributed by atoms with van der Waals surface area (Å²) in [6.45, 7) is 26.4. The second-order valence-electron chi connectivity index (χ2n) is 16.5. The third-order valence-electron chi connectivity index (χ3n) is 12.0. The molecule has 11 heteroatoms. The van der Waals surface area contributed by atoms with Crippen molar-refractivity contribution in [1.82, 2.24) is 19.9 Å². The molecule has 0 amide bonds. The van der Waals surface area contributed by atoms with Gasteiger partial charge in [0.15, 0.2) is 11.6 Å². The van der Waals surface area contributed by atoms with E-state index in [0.29, 0.717) is 42.0 Å². The zero-order chi connectivity index (χ0) is 43.8. The molecule has 2 aliphatic heterocycles. The maximum atomic E-state index is 14.8. The number of anilines is 4. The van der Waals surface area contributed by atoms with Crippen molar-refractivity contribution in [3.63, 3.8) is 0 Å². The van der Waals surface area contributed by atoms with E-state index < -0.39 is 5.82 Å². The van der Waals surface area contributed by atoms with Gasteiger partial charge in [0.1, 0.15) is 23.7 Å². The van der Waals surface area contributed by atoms with Gasteiger partial charge in [-0.2, -0.15) is 0 Å². The first-order chi connectivity index (χ1) is 28.8. The van der Waals surface area contributed by atoms with E-state index in [1.807, 2.05) is 52.8 Å². The van der Waals surface area contributed by atoms with E-state index >= 15 is 0 Å². The summed E-state index contributed by atoms with van der Waals surface area (Å²) >= 11 is 0. The number of aryl methyl sites for hydroxylation is 2. The number of nitrogens with zero attached hydrogens (tertiary/aromatic N) is 6. The normalized spacial score (nSPS) is 15.6. The molecular formula is C49H68FN7O3. The molecule has 2 saturated heterocycles. The number of ketones is 2. The van der Waals surface area contributed by atoms with Crippen molar-refractivity contribution in [3.05, 3.63) is 89.5 Å². The molecule has 324 valence electrons. The highest BCUT2D eigenvalue weighted by Gasteiger charge is 2.24. The molecule has 1 aromatic carbocycles. The number of carbonyl (C=O) groups is 3. The van der Waals surface area contributed by atoms with Crippen LogP contribution >= 0.6 is 0 Å². The van der Waals surface area contributed by atoms with Crippen LogP contribution < -0.4 is 15.1 Å². The van der Waals surface area contributed by atoms with Crippen LogP contribution in [-0.2, 0) is 9.59 Å². The topological polar surface area (TPSA) is 112 Å². The molecule has 0 spiro atoms. The monoisotopic (exact) mass is 822 g/mol. The maximum absolute atomic E-state index is 14.8. The van der Waals surface area contributed by atoms with Crippen LogP contribution in [0.5, 0.6) is 0 Å². The van der Waals surface area contributed by atoms with Crippen molar-refractivity contribution < 1.29 is 18.8 Å². The van der Waals surface area contributed by atoms with Crippen LogP contribution in [0.3, 0.4) is 0 Å². The average Bonchev–Trinajstić information content (AvgIpc) is 3.26. The van der Waals surface area contributed by atoms with Crippen LogP contribution in [0.25, 0.3) is 11.0 Å². The average molecular weight is 822 g/mol. The Balaban J connectivity index is 0.000000489. The quantitative estimate of drug-likeness (QED) is 0.0707. The fraction of sp³-hybridized carbons (Fsp3) is 0.510. The lowest BCUT2D eigenvalue weighted by molar-refractivity contribution is -0.119. The number of carbonyl (C=O) groups excluding carboxylic acids is 3.